The van der Waals surface area contributed by atoms with Crippen LogP contribution in [0, 0.1) is 0 Å². The van der Waals surface area contributed by atoms with E-state index in [4.69, 9.17) is 9.84 Å². The molecule has 3 aromatic carbocycles. The third kappa shape index (κ3) is 4.88. The molecule has 0 aliphatic rings. The van der Waals surface area contributed by atoms with Crippen molar-refractivity contribution in [2.24, 2.45) is 0 Å². The number of para-hydroxylation sites is 2. The normalized spacial score (nSPS) is 10.4. The monoisotopic (exact) mass is 361 g/mol. The summed E-state index contributed by atoms with van der Waals surface area (Å²) in [5.74, 6) is -0.0704. The van der Waals surface area contributed by atoms with Crippen molar-refractivity contribution < 1.29 is 14.6 Å². The summed E-state index contributed by atoms with van der Waals surface area (Å²) in [7, 11) is 0. The van der Waals surface area contributed by atoms with Crippen molar-refractivity contribution in [1.82, 2.24) is 0 Å². The molecule has 0 saturated heterocycles. The highest BCUT2D eigenvalue weighted by molar-refractivity contribution is 5.87. The summed E-state index contributed by atoms with van der Waals surface area (Å²) in [5, 5.41) is 9.04. The molecule has 0 aliphatic heterocycles. The minimum Gasteiger partial charge on any atom is -0.487 e. The number of hydrogen-bond donors (Lipinski definition) is 1. The van der Waals surface area contributed by atoms with Crippen molar-refractivity contribution in [3.05, 3.63) is 95.6 Å². The first kappa shape index (κ1) is 18.5. The van der Waals surface area contributed by atoms with E-state index in [-0.39, 0.29) is 0 Å². The molecule has 4 heteroatoms. The lowest BCUT2D eigenvalue weighted by Crippen LogP contribution is -2.22. The van der Waals surface area contributed by atoms with Gasteiger partial charge in [0.05, 0.1) is 11.3 Å². The van der Waals surface area contributed by atoms with Crippen molar-refractivity contribution >= 4 is 11.7 Å². The lowest BCUT2D eigenvalue weighted by Gasteiger charge is -2.25. The summed E-state index contributed by atoms with van der Waals surface area (Å²) in [5.41, 5.74) is 3.51. The highest BCUT2D eigenvalue weighted by atomic mass is 16.5. The number of anilines is 1. The Kier molecular flexibility index (Phi) is 6.10. The molecule has 138 valence electrons. The quantitative estimate of drug-likeness (QED) is 0.614. The molecular formula is C23H23NO3. The van der Waals surface area contributed by atoms with Crippen LogP contribution in [0.15, 0.2) is 78.9 Å². The molecule has 0 unspecified atom stereocenters. The van der Waals surface area contributed by atoms with E-state index in [0.717, 1.165) is 29.1 Å². The van der Waals surface area contributed by atoms with Crippen molar-refractivity contribution in [3.63, 3.8) is 0 Å². The van der Waals surface area contributed by atoms with E-state index in [1.54, 1.807) is 12.1 Å². The number of nitrogens with zero attached hydrogens (tertiary/aromatic N) is 1. The first-order valence-electron chi connectivity index (χ1n) is 9.00. The molecule has 27 heavy (non-hydrogen) atoms. The molecule has 0 aliphatic carbocycles. The average molecular weight is 361 g/mol. The largest absolute Gasteiger partial charge is 0.487 e. The molecule has 4 nitrogen and oxygen atoms in total. The van der Waals surface area contributed by atoms with E-state index in [9.17, 15) is 4.79 Å². The second-order valence-corrected chi connectivity index (χ2v) is 6.26. The number of carboxylic acid groups (broad SMARTS) is 1. The lowest BCUT2D eigenvalue weighted by molar-refractivity contribution is 0.0697. The molecule has 1 N–H and O–H groups in total. The Morgan fingerprint density at radius 3 is 2.22 bits per heavy atom. The summed E-state index contributed by atoms with van der Waals surface area (Å²) in [6.45, 7) is 4.11. The summed E-state index contributed by atoms with van der Waals surface area (Å²) < 4.78 is 6.07. The zero-order valence-corrected chi connectivity index (χ0v) is 15.3. The van der Waals surface area contributed by atoms with E-state index in [1.807, 2.05) is 60.7 Å². The molecule has 0 radical (unpaired) electrons. The van der Waals surface area contributed by atoms with Crippen molar-refractivity contribution in [3.8, 4) is 5.75 Å². The van der Waals surface area contributed by atoms with Gasteiger partial charge < -0.3 is 14.7 Å². The minimum atomic E-state index is -0.909. The summed E-state index contributed by atoms with van der Waals surface area (Å²) in [6, 6.07) is 25.1. The van der Waals surface area contributed by atoms with Gasteiger partial charge >= 0.3 is 5.97 Å². The molecule has 0 fully saturated rings. The topological polar surface area (TPSA) is 49.8 Å². The number of rotatable bonds is 8. The molecule has 0 amide bonds. The highest BCUT2D eigenvalue weighted by Crippen LogP contribution is 2.30. The van der Waals surface area contributed by atoms with Crippen LogP contribution in [-0.2, 0) is 13.2 Å². The predicted molar refractivity (Wildman–Crippen MR) is 107 cm³/mol. The van der Waals surface area contributed by atoms with Gasteiger partial charge in [0, 0.05) is 13.1 Å². The van der Waals surface area contributed by atoms with E-state index in [2.05, 4.69) is 17.9 Å². The summed E-state index contributed by atoms with van der Waals surface area (Å²) >= 11 is 0. The standard InChI is InChI=1S/C23H23NO3/c1-2-24(16-18-12-14-20(15-13-18)23(25)26)21-10-6-7-11-22(21)27-17-19-8-4-3-5-9-19/h3-15H,2,16-17H2,1H3,(H,25,26). The van der Waals surface area contributed by atoms with Gasteiger partial charge in [-0.25, -0.2) is 4.79 Å². The Balaban J connectivity index is 1.75. The molecule has 0 heterocycles. The first-order valence-corrected chi connectivity index (χ1v) is 9.00. The van der Waals surface area contributed by atoms with Crippen LogP contribution in [0.2, 0.25) is 0 Å². The smallest absolute Gasteiger partial charge is 0.335 e. The van der Waals surface area contributed by atoms with Crippen LogP contribution in [0.25, 0.3) is 0 Å². The van der Waals surface area contributed by atoms with E-state index in [1.165, 1.54) is 0 Å². The van der Waals surface area contributed by atoms with Crippen LogP contribution < -0.4 is 9.64 Å². The number of carboxylic acids is 1. The van der Waals surface area contributed by atoms with Gasteiger partial charge in [0.25, 0.3) is 0 Å². The van der Waals surface area contributed by atoms with Crippen LogP contribution in [0.3, 0.4) is 0 Å². The first-order chi connectivity index (χ1) is 13.2. The maximum Gasteiger partial charge on any atom is 0.335 e. The van der Waals surface area contributed by atoms with Crippen LogP contribution >= 0.6 is 0 Å². The molecule has 0 atom stereocenters. The molecule has 3 rings (SSSR count). The van der Waals surface area contributed by atoms with Crippen LogP contribution in [0.1, 0.15) is 28.4 Å². The fraction of sp³-hybridized carbons (Fsp3) is 0.174. The summed E-state index contributed by atoms with van der Waals surface area (Å²) in [6.07, 6.45) is 0. The fourth-order valence-corrected chi connectivity index (χ4v) is 2.92. The van der Waals surface area contributed by atoms with E-state index in [0.29, 0.717) is 18.7 Å². The number of aromatic carboxylic acids is 1. The Morgan fingerprint density at radius 1 is 0.889 bits per heavy atom. The molecule has 3 aromatic rings. The Hall–Kier alpha value is -3.27. The zero-order valence-electron chi connectivity index (χ0n) is 15.3. The third-order valence-electron chi connectivity index (χ3n) is 4.40. The second kappa shape index (κ2) is 8.90. The number of hydrogen-bond acceptors (Lipinski definition) is 3. The zero-order chi connectivity index (χ0) is 19.1. The van der Waals surface area contributed by atoms with Crippen molar-refractivity contribution in [2.45, 2.75) is 20.1 Å². The van der Waals surface area contributed by atoms with Crippen LogP contribution in [0.4, 0.5) is 5.69 Å². The fourth-order valence-electron chi connectivity index (χ4n) is 2.92. The van der Waals surface area contributed by atoms with E-state index >= 15 is 0 Å². The SMILES string of the molecule is CCN(Cc1ccc(C(=O)O)cc1)c1ccccc1OCc1ccccc1. The van der Waals surface area contributed by atoms with Gasteiger partial charge in [0.15, 0.2) is 0 Å². The lowest BCUT2D eigenvalue weighted by atomic mass is 10.1. The molecular weight excluding hydrogens is 338 g/mol. The van der Waals surface area contributed by atoms with E-state index < -0.39 is 5.97 Å². The van der Waals surface area contributed by atoms with Gasteiger partial charge in [-0.05, 0) is 42.3 Å². The molecule has 0 saturated carbocycles. The van der Waals surface area contributed by atoms with Crippen molar-refractivity contribution in [2.75, 3.05) is 11.4 Å². The molecule has 0 spiro atoms. The molecule has 0 bridgehead atoms. The van der Waals surface area contributed by atoms with Gasteiger partial charge in [-0.15, -0.1) is 0 Å². The Bertz CT molecular complexity index is 876. The highest BCUT2D eigenvalue weighted by Gasteiger charge is 2.12. The second-order valence-electron chi connectivity index (χ2n) is 6.26. The number of carbonyl (C=O) groups is 1. The predicted octanol–water partition coefficient (Wildman–Crippen LogP) is 4.99. The third-order valence-corrected chi connectivity index (χ3v) is 4.40. The van der Waals surface area contributed by atoms with Crippen LogP contribution in [-0.4, -0.2) is 17.6 Å². The minimum absolute atomic E-state index is 0.299. The Morgan fingerprint density at radius 2 is 1.56 bits per heavy atom. The maximum absolute atomic E-state index is 11.0. The average Bonchev–Trinajstić information content (AvgIpc) is 2.72. The maximum atomic E-state index is 11.0. The number of benzene rings is 3. The van der Waals surface area contributed by atoms with Crippen molar-refractivity contribution in [1.29, 1.82) is 0 Å². The van der Waals surface area contributed by atoms with Gasteiger partial charge in [-0.3, -0.25) is 0 Å². The Labute approximate surface area is 159 Å². The van der Waals surface area contributed by atoms with Gasteiger partial charge in [0.2, 0.25) is 0 Å². The van der Waals surface area contributed by atoms with Gasteiger partial charge in [-0.1, -0.05) is 54.6 Å². The van der Waals surface area contributed by atoms with Gasteiger partial charge in [-0.2, -0.15) is 0 Å². The number of ether oxygens (including phenoxy) is 1. The summed E-state index contributed by atoms with van der Waals surface area (Å²) in [4.78, 5) is 13.2. The van der Waals surface area contributed by atoms with Gasteiger partial charge in [0.1, 0.15) is 12.4 Å². The molecule has 0 aromatic heterocycles. The van der Waals surface area contributed by atoms with Crippen LogP contribution in [0.5, 0.6) is 5.75 Å².